The third-order valence-corrected chi connectivity index (χ3v) is 4.12. The van der Waals surface area contributed by atoms with Crippen LogP contribution in [0.5, 0.6) is 5.75 Å². The molecule has 90 valence electrons. The van der Waals surface area contributed by atoms with Crippen molar-refractivity contribution >= 4 is 27.3 Å². The lowest BCUT2D eigenvalue weighted by Crippen LogP contribution is -2.16. The van der Waals surface area contributed by atoms with E-state index in [2.05, 4.69) is 50.9 Å². The van der Waals surface area contributed by atoms with Crippen LogP contribution in [0.3, 0.4) is 0 Å². The molecule has 0 spiro atoms. The Kier molecular flexibility index (Phi) is 4.20. The minimum atomic E-state index is 0.179. The molecule has 0 bridgehead atoms. The molecular formula is C13H14BrNOS. The number of thiophene rings is 1. The van der Waals surface area contributed by atoms with Gasteiger partial charge in [-0.1, -0.05) is 28.1 Å². The van der Waals surface area contributed by atoms with E-state index in [9.17, 15) is 0 Å². The van der Waals surface area contributed by atoms with Crippen LogP contribution >= 0.6 is 27.3 Å². The van der Waals surface area contributed by atoms with Gasteiger partial charge in [-0.15, -0.1) is 11.3 Å². The molecule has 1 unspecified atom stereocenters. The number of rotatable bonds is 4. The Labute approximate surface area is 114 Å². The fraction of sp³-hybridized carbons (Fsp3) is 0.231. The highest BCUT2D eigenvalue weighted by Gasteiger charge is 2.17. The van der Waals surface area contributed by atoms with Gasteiger partial charge in [0, 0.05) is 4.47 Å². The predicted molar refractivity (Wildman–Crippen MR) is 75.9 cm³/mol. The summed E-state index contributed by atoms with van der Waals surface area (Å²) in [7, 11) is 3.67. The van der Waals surface area contributed by atoms with Gasteiger partial charge in [0.1, 0.15) is 5.75 Å². The van der Waals surface area contributed by atoms with Crippen LogP contribution in [0.1, 0.15) is 16.5 Å². The summed E-state index contributed by atoms with van der Waals surface area (Å²) in [5, 5.41) is 5.38. The molecule has 0 saturated heterocycles. The second kappa shape index (κ2) is 5.67. The van der Waals surface area contributed by atoms with Gasteiger partial charge >= 0.3 is 0 Å². The Balaban J connectivity index is 2.36. The van der Waals surface area contributed by atoms with Crippen LogP contribution in [-0.4, -0.2) is 14.2 Å². The van der Waals surface area contributed by atoms with Gasteiger partial charge in [0.15, 0.2) is 0 Å². The number of nitrogens with one attached hydrogen (secondary N) is 1. The zero-order valence-electron chi connectivity index (χ0n) is 9.74. The van der Waals surface area contributed by atoms with E-state index in [0.29, 0.717) is 0 Å². The summed E-state index contributed by atoms with van der Waals surface area (Å²) in [4.78, 5) is 1.21. The lowest BCUT2D eigenvalue weighted by Gasteiger charge is -2.16. The van der Waals surface area contributed by atoms with Crippen molar-refractivity contribution in [3.05, 3.63) is 50.6 Å². The lowest BCUT2D eigenvalue weighted by atomic mass is 10.1. The Hall–Kier alpha value is -0.840. The van der Waals surface area contributed by atoms with Crippen molar-refractivity contribution in [2.75, 3.05) is 14.2 Å². The van der Waals surface area contributed by atoms with Gasteiger partial charge in [-0.25, -0.2) is 0 Å². The molecule has 17 heavy (non-hydrogen) atoms. The number of halogens is 1. The molecule has 1 heterocycles. The van der Waals surface area contributed by atoms with Crippen molar-refractivity contribution in [3.63, 3.8) is 0 Å². The predicted octanol–water partition coefficient (Wildman–Crippen LogP) is 3.83. The van der Waals surface area contributed by atoms with Crippen LogP contribution in [0.15, 0.2) is 40.2 Å². The highest BCUT2D eigenvalue weighted by Crippen LogP contribution is 2.34. The Morgan fingerprint density at radius 1 is 1.24 bits per heavy atom. The van der Waals surface area contributed by atoms with Crippen molar-refractivity contribution in [2.24, 2.45) is 0 Å². The molecule has 1 atom stereocenters. The first-order valence-electron chi connectivity index (χ1n) is 5.30. The van der Waals surface area contributed by atoms with Crippen LogP contribution in [0.25, 0.3) is 0 Å². The van der Waals surface area contributed by atoms with Crippen LogP contribution in [0.4, 0.5) is 0 Å². The van der Waals surface area contributed by atoms with Crippen LogP contribution < -0.4 is 10.1 Å². The summed E-state index contributed by atoms with van der Waals surface area (Å²) in [5.41, 5.74) is 1.23. The van der Waals surface area contributed by atoms with Gasteiger partial charge in [0.2, 0.25) is 0 Å². The summed E-state index contributed by atoms with van der Waals surface area (Å²) in [6.07, 6.45) is 0. The zero-order valence-corrected chi connectivity index (χ0v) is 12.1. The zero-order chi connectivity index (χ0) is 12.3. The molecular weight excluding hydrogens is 298 g/mol. The van der Waals surface area contributed by atoms with E-state index in [-0.39, 0.29) is 6.04 Å². The second-order valence-electron chi connectivity index (χ2n) is 3.63. The maximum absolute atomic E-state index is 5.37. The number of methoxy groups -OCH3 is 1. The molecule has 0 aliphatic rings. The monoisotopic (exact) mass is 311 g/mol. The first-order chi connectivity index (χ1) is 8.26. The Morgan fingerprint density at radius 3 is 2.53 bits per heavy atom. The standard InChI is InChI=1S/C13H14BrNOS/c1-15-12(9-3-5-10(14)6-4-9)13-11(16-2)7-8-17-13/h3-8,12,15H,1-2H3. The largest absolute Gasteiger partial charge is 0.496 e. The van der Waals surface area contributed by atoms with Crippen molar-refractivity contribution in [3.8, 4) is 5.75 Å². The topological polar surface area (TPSA) is 21.3 Å². The summed E-state index contributed by atoms with van der Waals surface area (Å²) in [6, 6.07) is 10.5. The first kappa shape index (κ1) is 12.6. The van der Waals surface area contributed by atoms with Crippen molar-refractivity contribution in [1.82, 2.24) is 5.32 Å². The van der Waals surface area contributed by atoms with Gasteiger partial charge in [-0.05, 0) is 36.2 Å². The summed E-state index contributed by atoms with van der Waals surface area (Å²) in [6.45, 7) is 0. The third kappa shape index (κ3) is 2.70. The quantitative estimate of drug-likeness (QED) is 0.926. The van der Waals surface area contributed by atoms with E-state index in [4.69, 9.17) is 4.74 Å². The van der Waals surface area contributed by atoms with Crippen molar-refractivity contribution in [2.45, 2.75) is 6.04 Å². The van der Waals surface area contributed by atoms with Gasteiger partial charge in [0.25, 0.3) is 0 Å². The molecule has 4 heteroatoms. The summed E-state index contributed by atoms with van der Waals surface area (Å²) in [5.74, 6) is 0.942. The average molecular weight is 312 g/mol. The van der Waals surface area contributed by atoms with Crippen LogP contribution in [-0.2, 0) is 0 Å². The molecule has 0 fully saturated rings. The molecule has 1 aromatic carbocycles. The van der Waals surface area contributed by atoms with Gasteiger partial charge < -0.3 is 10.1 Å². The molecule has 0 saturated carbocycles. The van der Waals surface area contributed by atoms with Crippen LogP contribution in [0, 0.1) is 0 Å². The second-order valence-corrected chi connectivity index (χ2v) is 5.49. The first-order valence-corrected chi connectivity index (χ1v) is 6.97. The van der Waals surface area contributed by atoms with Crippen LogP contribution in [0.2, 0.25) is 0 Å². The molecule has 0 radical (unpaired) electrons. The van der Waals surface area contributed by atoms with Crippen molar-refractivity contribution in [1.29, 1.82) is 0 Å². The SMILES string of the molecule is CNC(c1ccc(Br)cc1)c1sccc1OC. The summed E-state index contributed by atoms with van der Waals surface area (Å²) >= 11 is 5.16. The molecule has 1 aromatic heterocycles. The molecule has 0 amide bonds. The van der Waals surface area contributed by atoms with E-state index in [0.717, 1.165) is 10.2 Å². The van der Waals surface area contributed by atoms with E-state index in [1.807, 2.05) is 13.1 Å². The molecule has 0 aliphatic heterocycles. The van der Waals surface area contributed by atoms with E-state index >= 15 is 0 Å². The molecule has 2 aromatic rings. The van der Waals surface area contributed by atoms with E-state index in [1.165, 1.54) is 10.4 Å². The summed E-state index contributed by atoms with van der Waals surface area (Å²) < 4.78 is 6.47. The third-order valence-electron chi connectivity index (χ3n) is 2.63. The van der Waals surface area contributed by atoms with Gasteiger partial charge in [0.05, 0.1) is 18.0 Å². The number of benzene rings is 1. The van der Waals surface area contributed by atoms with Gasteiger partial charge in [-0.2, -0.15) is 0 Å². The molecule has 1 N–H and O–H groups in total. The van der Waals surface area contributed by atoms with E-state index < -0.39 is 0 Å². The van der Waals surface area contributed by atoms with Gasteiger partial charge in [-0.3, -0.25) is 0 Å². The minimum absolute atomic E-state index is 0.179. The molecule has 0 aliphatic carbocycles. The van der Waals surface area contributed by atoms with E-state index in [1.54, 1.807) is 18.4 Å². The minimum Gasteiger partial charge on any atom is -0.496 e. The number of ether oxygens (including phenoxy) is 1. The highest BCUT2D eigenvalue weighted by molar-refractivity contribution is 9.10. The Bertz CT molecular complexity index is 480. The van der Waals surface area contributed by atoms with Crippen molar-refractivity contribution < 1.29 is 4.74 Å². The number of hydrogen-bond donors (Lipinski definition) is 1. The molecule has 2 rings (SSSR count). The lowest BCUT2D eigenvalue weighted by molar-refractivity contribution is 0.408. The fourth-order valence-corrected chi connectivity index (χ4v) is 3.05. The number of hydrogen-bond acceptors (Lipinski definition) is 3. The maximum Gasteiger partial charge on any atom is 0.134 e. The maximum atomic E-state index is 5.37. The Morgan fingerprint density at radius 2 is 1.94 bits per heavy atom. The smallest absolute Gasteiger partial charge is 0.134 e. The average Bonchev–Trinajstić information content (AvgIpc) is 2.81. The normalized spacial score (nSPS) is 12.4. The highest BCUT2D eigenvalue weighted by atomic mass is 79.9. The fourth-order valence-electron chi connectivity index (χ4n) is 1.79. The molecule has 2 nitrogen and oxygen atoms in total.